The molecule has 14 heavy (non-hydrogen) atoms. The van der Waals surface area contributed by atoms with Gasteiger partial charge in [0, 0.05) is 12.6 Å². The second-order valence-corrected chi connectivity index (χ2v) is 4.65. The summed E-state index contributed by atoms with van der Waals surface area (Å²) in [4.78, 5) is 0. The maximum atomic E-state index is 9.06. The van der Waals surface area contributed by atoms with Gasteiger partial charge in [-0.2, -0.15) is 0 Å². The molecule has 0 aromatic rings. The minimum atomic E-state index is 0.297. The number of aliphatic hydroxyl groups is 1. The zero-order valence-corrected chi connectivity index (χ0v) is 9.41. The molecule has 1 rings (SSSR count). The fourth-order valence-electron chi connectivity index (χ4n) is 2.81. The van der Waals surface area contributed by atoms with Gasteiger partial charge in [0.25, 0.3) is 0 Å². The average molecular weight is 199 g/mol. The number of nitrogens with two attached hydrogens (primary N) is 1. The van der Waals surface area contributed by atoms with Crippen LogP contribution in [0, 0.1) is 11.8 Å². The van der Waals surface area contributed by atoms with Crippen LogP contribution in [0.15, 0.2) is 0 Å². The molecule has 2 unspecified atom stereocenters. The monoisotopic (exact) mass is 199 g/mol. The Labute approximate surface area is 87.9 Å². The molecule has 0 aromatic heterocycles. The molecule has 2 heteroatoms. The minimum absolute atomic E-state index is 0.297. The Balaban J connectivity index is 2.46. The smallest absolute Gasteiger partial charge is 0.0434 e. The van der Waals surface area contributed by atoms with Gasteiger partial charge in [-0.15, -0.1) is 0 Å². The normalized spacial score (nSPS) is 23.4. The molecule has 1 fully saturated rings. The third-order valence-corrected chi connectivity index (χ3v) is 3.74. The molecular formula is C12H25NO. The van der Waals surface area contributed by atoms with Crippen LogP contribution < -0.4 is 5.73 Å². The van der Waals surface area contributed by atoms with Crippen LogP contribution >= 0.6 is 0 Å². The molecule has 0 spiro atoms. The molecule has 0 aliphatic heterocycles. The predicted molar refractivity (Wildman–Crippen MR) is 60.0 cm³/mol. The van der Waals surface area contributed by atoms with E-state index in [1.165, 1.54) is 32.1 Å². The van der Waals surface area contributed by atoms with E-state index in [0.717, 1.165) is 18.8 Å². The first-order chi connectivity index (χ1) is 6.79. The Morgan fingerprint density at radius 1 is 1.29 bits per heavy atom. The van der Waals surface area contributed by atoms with Crippen LogP contribution in [0.5, 0.6) is 0 Å². The third kappa shape index (κ3) is 3.25. The van der Waals surface area contributed by atoms with E-state index in [4.69, 9.17) is 10.8 Å². The number of rotatable bonds is 5. The quantitative estimate of drug-likeness (QED) is 0.713. The average Bonchev–Trinajstić information content (AvgIpc) is 2.26. The lowest BCUT2D eigenvalue weighted by Gasteiger charge is -2.33. The highest BCUT2D eigenvalue weighted by Crippen LogP contribution is 2.33. The molecule has 2 atom stereocenters. The summed E-state index contributed by atoms with van der Waals surface area (Å²) in [6, 6.07) is 0.297. The SMILES string of the molecule is CCC(N)C(CCO)C1CCCCC1. The van der Waals surface area contributed by atoms with Crippen molar-refractivity contribution in [3.05, 3.63) is 0 Å². The summed E-state index contributed by atoms with van der Waals surface area (Å²) in [7, 11) is 0. The Bertz CT molecular complexity index is 143. The standard InChI is InChI=1S/C12H25NO/c1-2-12(13)11(8-9-14)10-6-4-3-5-7-10/h10-12,14H,2-9,13H2,1H3. The van der Waals surface area contributed by atoms with Crippen LogP contribution in [0.1, 0.15) is 51.9 Å². The lowest BCUT2D eigenvalue weighted by atomic mass is 9.75. The molecule has 0 aromatic carbocycles. The van der Waals surface area contributed by atoms with Crippen molar-refractivity contribution in [1.29, 1.82) is 0 Å². The van der Waals surface area contributed by atoms with Crippen molar-refractivity contribution in [2.45, 2.75) is 57.9 Å². The van der Waals surface area contributed by atoms with Crippen LogP contribution in [-0.4, -0.2) is 17.8 Å². The summed E-state index contributed by atoms with van der Waals surface area (Å²) >= 11 is 0. The molecule has 1 aliphatic carbocycles. The van der Waals surface area contributed by atoms with Crippen LogP contribution in [0.3, 0.4) is 0 Å². The highest BCUT2D eigenvalue weighted by molar-refractivity contribution is 4.80. The van der Waals surface area contributed by atoms with Crippen LogP contribution in [0.25, 0.3) is 0 Å². The van der Waals surface area contributed by atoms with E-state index in [2.05, 4.69) is 6.92 Å². The van der Waals surface area contributed by atoms with Gasteiger partial charge in [-0.05, 0) is 24.7 Å². The first-order valence-corrected chi connectivity index (χ1v) is 6.16. The van der Waals surface area contributed by atoms with Gasteiger partial charge in [0.05, 0.1) is 0 Å². The number of aliphatic hydroxyl groups excluding tert-OH is 1. The van der Waals surface area contributed by atoms with Crippen LogP contribution in [0.2, 0.25) is 0 Å². The van der Waals surface area contributed by atoms with E-state index < -0.39 is 0 Å². The number of hydrogen-bond donors (Lipinski definition) is 2. The maximum absolute atomic E-state index is 9.06. The number of hydrogen-bond acceptors (Lipinski definition) is 2. The summed E-state index contributed by atoms with van der Waals surface area (Å²) in [6.07, 6.45) is 8.73. The summed E-state index contributed by atoms with van der Waals surface area (Å²) in [5, 5.41) is 9.06. The van der Waals surface area contributed by atoms with Crippen LogP contribution in [0.4, 0.5) is 0 Å². The molecule has 0 heterocycles. The molecule has 84 valence electrons. The predicted octanol–water partition coefficient (Wildman–Crippen LogP) is 2.30. The van der Waals surface area contributed by atoms with Crippen LogP contribution in [-0.2, 0) is 0 Å². The summed E-state index contributed by atoms with van der Waals surface area (Å²) in [5.41, 5.74) is 6.12. The topological polar surface area (TPSA) is 46.2 Å². The van der Waals surface area contributed by atoms with Gasteiger partial charge in [-0.25, -0.2) is 0 Å². The van der Waals surface area contributed by atoms with Gasteiger partial charge in [0.15, 0.2) is 0 Å². The van der Waals surface area contributed by atoms with Crippen molar-refractivity contribution >= 4 is 0 Å². The van der Waals surface area contributed by atoms with E-state index in [0.29, 0.717) is 18.6 Å². The fourth-order valence-corrected chi connectivity index (χ4v) is 2.81. The van der Waals surface area contributed by atoms with Gasteiger partial charge < -0.3 is 10.8 Å². The lowest BCUT2D eigenvalue weighted by Crippen LogP contribution is -2.36. The first-order valence-electron chi connectivity index (χ1n) is 6.16. The Kier molecular flexibility index (Phi) is 5.49. The second kappa shape index (κ2) is 6.41. The molecule has 0 bridgehead atoms. The van der Waals surface area contributed by atoms with Gasteiger partial charge in [0.2, 0.25) is 0 Å². The first kappa shape index (κ1) is 12.0. The summed E-state index contributed by atoms with van der Waals surface area (Å²) < 4.78 is 0. The van der Waals surface area contributed by atoms with Crippen molar-refractivity contribution < 1.29 is 5.11 Å². The van der Waals surface area contributed by atoms with Gasteiger partial charge in [0.1, 0.15) is 0 Å². The molecule has 1 saturated carbocycles. The molecular weight excluding hydrogens is 174 g/mol. The van der Waals surface area contributed by atoms with Crippen molar-refractivity contribution in [2.24, 2.45) is 17.6 Å². The molecule has 3 N–H and O–H groups in total. The van der Waals surface area contributed by atoms with E-state index in [-0.39, 0.29) is 0 Å². The molecule has 0 radical (unpaired) electrons. The zero-order valence-electron chi connectivity index (χ0n) is 9.41. The molecule has 0 amide bonds. The van der Waals surface area contributed by atoms with E-state index >= 15 is 0 Å². The van der Waals surface area contributed by atoms with Crippen molar-refractivity contribution in [1.82, 2.24) is 0 Å². The minimum Gasteiger partial charge on any atom is -0.396 e. The zero-order chi connectivity index (χ0) is 10.4. The van der Waals surface area contributed by atoms with E-state index in [9.17, 15) is 0 Å². The second-order valence-electron chi connectivity index (χ2n) is 4.65. The highest BCUT2D eigenvalue weighted by Gasteiger charge is 2.26. The van der Waals surface area contributed by atoms with Crippen molar-refractivity contribution in [2.75, 3.05) is 6.61 Å². The van der Waals surface area contributed by atoms with E-state index in [1.807, 2.05) is 0 Å². The molecule has 0 saturated heterocycles. The van der Waals surface area contributed by atoms with Crippen molar-refractivity contribution in [3.8, 4) is 0 Å². The largest absolute Gasteiger partial charge is 0.396 e. The van der Waals surface area contributed by atoms with Gasteiger partial charge in [-0.1, -0.05) is 39.0 Å². The maximum Gasteiger partial charge on any atom is 0.0434 e. The summed E-state index contributed by atoms with van der Waals surface area (Å²) in [6.45, 7) is 2.45. The lowest BCUT2D eigenvalue weighted by molar-refractivity contribution is 0.162. The Morgan fingerprint density at radius 3 is 2.43 bits per heavy atom. The fraction of sp³-hybridized carbons (Fsp3) is 1.00. The van der Waals surface area contributed by atoms with E-state index in [1.54, 1.807) is 0 Å². The Hall–Kier alpha value is -0.0800. The molecule has 2 nitrogen and oxygen atoms in total. The van der Waals surface area contributed by atoms with Gasteiger partial charge >= 0.3 is 0 Å². The Morgan fingerprint density at radius 2 is 1.93 bits per heavy atom. The molecule has 1 aliphatic rings. The summed E-state index contributed by atoms with van der Waals surface area (Å²) in [5.74, 6) is 1.34. The highest BCUT2D eigenvalue weighted by atomic mass is 16.3. The van der Waals surface area contributed by atoms with Gasteiger partial charge in [-0.3, -0.25) is 0 Å². The third-order valence-electron chi connectivity index (χ3n) is 3.74. The van der Waals surface area contributed by atoms with Crippen molar-refractivity contribution in [3.63, 3.8) is 0 Å².